The number of amides is 1. The first-order chi connectivity index (χ1) is 12.9. The molecule has 0 aliphatic carbocycles. The van der Waals surface area contributed by atoms with E-state index in [1.165, 1.54) is 0 Å². The van der Waals surface area contributed by atoms with E-state index in [2.05, 4.69) is 26.3 Å². The Morgan fingerprint density at radius 3 is 2.44 bits per heavy atom. The van der Waals surface area contributed by atoms with Gasteiger partial charge in [-0.15, -0.1) is 0 Å². The molecule has 1 atom stereocenters. The number of carbonyl (C=O) groups excluding carboxylic acids is 2. The van der Waals surface area contributed by atoms with Gasteiger partial charge in [0.1, 0.15) is 5.82 Å². The van der Waals surface area contributed by atoms with Gasteiger partial charge in [-0.2, -0.15) is 5.10 Å². The SMILES string of the molecule is Cc1ccc(-n2nc(C)c3c2NC(=O)CC3C(=O)c2ccc(Br)cc2)cc1. The maximum atomic E-state index is 13.1. The minimum atomic E-state index is -0.533. The molecule has 1 N–H and O–H groups in total. The van der Waals surface area contributed by atoms with Crippen LogP contribution >= 0.6 is 15.9 Å². The number of hydrogen-bond donors (Lipinski definition) is 1. The Hall–Kier alpha value is -2.73. The van der Waals surface area contributed by atoms with E-state index in [0.29, 0.717) is 11.4 Å². The van der Waals surface area contributed by atoms with E-state index < -0.39 is 5.92 Å². The number of benzene rings is 2. The number of halogens is 1. The van der Waals surface area contributed by atoms with Crippen LogP contribution in [0.4, 0.5) is 5.82 Å². The first-order valence-corrected chi connectivity index (χ1v) is 9.49. The van der Waals surface area contributed by atoms with Gasteiger partial charge in [0.25, 0.3) is 0 Å². The van der Waals surface area contributed by atoms with E-state index in [1.807, 2.05) is 50.2 Å². The lowest BCUT2D eigenvalue weighted by Gasteiger charge is -2.23. The number of Topliss-reactive ketones (excluding diaryl/α,β-unsaturated/α-hetero) is 1. The third-order valence-electron chi connectivity index (χ3n) is 4.83. The molecule has 5 nitrogen and oxygen atoms in total. The normalized spacial score (nSPS) is 16.0. The van der Waals surface area contributed by atoms with Crippen molar-refractivity contribution in [2.75, 3.05) is 5.32 Å². The molecule has 1 aliphatic heterocycles. The highest BCUT2D eigenvalue weighted by molar-refractivity contribution is 9.10. The Morgan fingerprint density at radius 1 is 1.11 bits per heavy atom. The standard InChI is InChI=1S/C21H18BrN3O2/c1-12-3-9-16(10-4-12)25-21-19(13(2)24-25)17(11-18(26)23-21)20(27)14-5-7-15(22)8-6-14/h3-10,17H,11H2,1-2H3,(H,23,26). The zero-order chi connectivity index (χ0) is 19.1. The number of anilines is 1. The van der Waals surface area contributed by atoms with Crippen molar-refractivity contribution in [3.63, 3.8) is 0 Å². The summed E-state index contributed by atoms with van der Waals surface area (Å²) < 4.78 is 2.62. The molecule has 3 aromatic rings. The van der Waals surface area contributed by atoms with E-state index in [9.17, 15) is 9.59 Å². The molecule has 1 aliphatic rings. The molecule has 27 heavy (non-hydrogen) atoms. The van der Waals surface area contributed by atoms with Gasteiger partial charge in [-0.3, -0.25) is 9.59 Å². The smallest absolute Gasteiger partial charge is 0.226 e. The van der Waals surface area contributed by atoms with Gasteiger partial charge in [0.15, 0.2) is 5.78 Å². The molecule has 4 rings (SSSR count). The van der Waals surface area contributed by atoms with E-state index in [1.54, 1.807) is 16.8 Å². The topological polar surface area (TPSA) is 64.0 Å². The van der Waals surface area contributed by atoms with Crippen molar-refractivity contribution in [3.8, 4) is 5.69 Å². The van der Waals surface area contributed by atoms with Crippen LogP contribution in [0.5, 0.6) is 0 Å². The van der Waals surface area contributed by atoms with Crippen LogP contribution in [-0.4, -0.2) is 21.5 Å². The summed E-state index contributed by atoms with van der Waals surface area (Å²) in [5.74, 6) is -0.187. The Kier molecular flexibility index (Phi) is 4.44. The Labute approximate surface area is 165 Å². The number of hydrogen-bond acceptors (Lipinski definition) is 3. The molecule has 1 unspecified atom stereocenters. The van der Waals surface area contributed by atoms with E-state index in [4.69, 9.17) is 0 Å². The first kappa shape index (κ1) is 17.7. The molecule has 0 bridgehead atoms. The molecule has 1 amide bonds. The number of aromatic nitrogens is 2. The molecule has 2 heterocycles. The van der Waals surface area contributed by atoms with Gasteiger partial charge in [-0.25, -0.2) is 4.68 Å². The van der Waals surface area contributed by atoms with E-state index in [0.717, 1.165) is 27.0 Å². The largest absolute Gasteiger partial charge is 0.310 e. The summed E-state index contributed by atoms with van der Waals surface area (Å²) in [4.78, 5) is 25.5. The molecular formula is C21H18BrN3O2. The summed E-state index contributed by atoms with van der Waals surface area (Å²) in [6, 6.07) is 15.1. The Morgan fingerprint density at radius 2 is 1.78 bits per heavy atom. The maximum absolute atomic E-state index is 13.1. The highest BCUT2D eigenvalue weighted by atomic mass is 79.9. The zero-order valence-corrected chi connectivity index (χ0v) is 16.6. The summed E-state index contributed by atoms with van der Waals surface area (Å²) in [6.45, 7) is 3.89. The number of ketones is 1. The fraction of sp³-hybridized carbons (Fsp3) is 0.190. The number of nitrogens with one attached hydrogen (secondary N) is 1. The van der Waals surface area contributed by atoms with Gasteiger partial charge in [0.2, 0.25) is 5.91 Å². The van der Waals surface area contributed by atoms with Crippen molar-refractivity contribution >= 4 is 33.4 Å². The molecular weight excluding hydrogens is 406 g/mol. The predicted molar refractivity (Wildman–Crippen MR) is 107 cm³/mol. The zero-order valence-electron chi connectivity index (χ0n) is 15.0. The van der Waals surface area contributed by atoms with Gasteiger partial charge < -0.3 is 5.32 Å². The van der Waals surface area contributed by atoms with Crippen LogP contribution < -0.4 is 5.32 Å². The van der Waals surface area contributed by atoms with Gasteiger partial charge in [0.05, 0.1) is 17.3 Å². The Balaban J connectivity index is 1.80. The summed E-state index contributed by atoms with van der Waals surface area (Å²) in [5.41, 5.74) is 4.13. The minimum Gasteiger partial charge on any atom is -0.310 e. The lowest BCUT2D eigenvalue weighted by molar-refractivity contribution is -0.116. The van der Waals surface area contributed by atoms with Crippen molar-refractivity contribution < 1.29 is 9.59 Å². The monoisotopic (exact) mass is 423 g/mol. The van der Waals surface area contributed by atoms with Gasteiger partial charge >= 0.3 is 0 Å². The van der Waals surface area contributed by atoms with Crippen molar-refractivity contribution in [2.24, 2.45) is 0 Å². The van der Waals surface area contributed by atoms with Crippen LogP contribution in [-0.2, 0) is 4.79 Å². The van der Waals surface area contributed by atoms with Crippen LogP contribution in [0.3, 0.4) is 0 Å². The fourth-order valence-corrected chi connectivity index (χ4v) is 3.72. The number of rotatable bonds is 3. The highest BCUT2D eigenvalue weighted by Crippen LogP contribution is 2.38. The van der Waals surface area contributed by atoms with Crippen LogP contribution in [0, 0.1) is 13.8 Å². The second-order valence-corrected chi connectivity index (χ2v) is 7.69. The van der Waals surface area contributed by atoms with Crippen molar-refractivity contribution in [3.05, 3.63) is 75.4 Å². The summed E-state index contributed by atoms with van der Waals surface area (Å²) in [7, 11) is 0. The van der Waals surface area contributed by atoms with Gasteiger partial charge in [-0.1, -0.05) is 45.8 Å². The molecule has 0 saturated heterocycles. The predicted octanol–water partition coefficient (Wildman–Crippen LogP) is 4.56. The number of aryl methyl sites for hydroxylation is 2. The Bertz CT molecular complexity index is 1040. The average Bonchev–Trinajstić information content (AvgIpc) is 2.98. The molecule has 6 heteroatoms. The number of carbonyl (C=O) groups is 2. The lowest BCUT2D eigenvalue weighted by atomic mass is 9.85. The second kappa shape index (κ2) is 6.78. The summed E-state index contributed by atoms with van der Waals surface area (Å²) in [6.07, 6.45) is 0.127. The highest BCUT2D eigenvalue weighted by Gasteiger charge is 2.36. The number of fused-ring (bicyclic) bond motifs is 1. The van der Waals surface area contributed by atoms with Crippen molar-refractivity contribution in [1.82, 2.24) is 9.78 Å². The molecule has 2 aromatic carbocycles. The molecule has 0 spiro atoms. The third kappa shape index (κ3) is 3.21. The summed E-state index contributed by atoms with van der Waals surface area (Å²) in [5, 5.41) is 7.52. The molecule has 136 valence electrons. The lowest BCUT2D eigenvalue weighted by Crippen LogP contribution is -2.28. The summed E-state index contributed by atoms with van der Waals surface area (Å²) >= 11 is 3.38. The van der Waals surface area contributed by atoms with Crippen LogP contribution in [0.2, 0.25) is 0 Å². The molecule has 1 aromatic heterocycles. The quantitative estimate of drug-likeness (QED) is 0.627. The van der Waals surface area contributed by atoms with Crippen molar-refractivity contribution in [1.29, 1.82) is 0 Å². The fourth-order valence-electron chi connectivity index (χ4n) is 3.46. The van der Waals surface area contributed by atoms with Crippen LogP contribution in [0.25, 0.3) is 5.69 Å². The third-order valence-corrected chi connectivity index (χ3v) is 5.35. The number of nitrogens with zero attached hydrogens (tertiary/aromatic N) is 2. The first-order valence-electron chi connectivity index (χ1n) is 8.70. The van der Waals surface area contributed by atoms with Gasteiger partial charge in [-0.05, 0) is 38.1 Å². The van der Waals surface area contributed by atoms with E-state index >= 15 is 0 Å². The van der Waals surface area contributed by atoms with E-state index in [-0.39, 0.29) is 18.1 Å². The molecule has 0 radical (unpaired) electrons. The molecule has 0 fully saturated rings. The molecule has 0 saturated carbocycles. The minimum absolute atomic E-state index is 0.0647. The average molecular weight is 424 g/mol. The maximum Gasteiger partial charge on any atom is 0.226 e. The van der Waals surface area contributed by atoms with Crippen LogP contribution in [0.15, 0.2) is 53.0 Å². The second-order valence-electron chi connectivity index (χ2n) is 6.77. The van der Waals surface area contributed by atoms with Crippen LogP contribution in [0.1, 0.15) is 39.5 Å². The van der Waals surface area contributed by atoms with Crippen molar-refractivity contribution in [2.45, 2.75) is 26.2 Å². The van der Waals surface area contributed by atoms with Gasteiger partial charge in [0, 0.05) is 22.0 Å².